The Labute approximate surface area is 132 Å². The second-order valence-corrected chi connectivity index (χ2v) is 5.35. The zero-order chi connectivity index (χ0) is 16.7. The number of fused-ring (bicyclic) bond motifs is 2. The largest absolute Gasteiger partial charge is 0.325 e. The van der Waals surface area contributed by atoms with Gasteiger partial charge >= 0.3 is 0 Å². The van der Waals surface area contributed by atoms with Crippen LogP contribution in [-0.2, 0) is 4.79 Å². The van der Waals surface area contributed by atoms with Crippen LogP contribution in [0.25, 0.3) is 0 Å². The molecular formula is C18H13NO4. The quantitative estimate of drug-likeness (QED) is 0.738. The van der Waals surface area contributed by atoms with Crippen LogP contribution in [0.4, 0.5) is 5.69 Å². The minimum absolute atomic E-state index is 0.0802. The van der Waals surface area contributed by atoms with Gasteiger partial charge in [0.2, 0.25) is 5.91 Å². The molecule has 23 heavy (non-hydrogen) atoms. The van der Waals surface area contributed by atoms with Crippen LogP contribution >= 0.6 is 0 Å². The number of amides is 1. The van der Waals surface area contributed by atoms with E-state index < -0.39 is 5.91 Å². The molecule has 114 valence electrons. The predicted octanol–water partition coefficient (Wildman–Crippen LogP) is 2.62. The minimum atomic E-state index is -0.417. The number of Topliss-reactive ketones (excluding diaryl/α,β-unsaturated/α-hetero) is 1. The summed E-state index contributed by atoms with van der Waals surface area (Å²) in [5.74, 6) is -1.38. The Morgan fingerprint density at radius 1 is 0.826 bits per heavy atom. The molecule has 0 aliphatic heterocycles. The van der Waals surface area contributed by atoms with Crippen molar-refractivity contribution in [2.24, 2.45) is 0 Å². The number of hydrogen-bond donors (Lipinski definition) is 1. The number of nitrogens with one attached hydrogen (secondary N) is 1. The highest BCUT2D eigenvalue weighted by Gasteiger charge is 2.33. The summed E-state index contributed by atoms with van der Waals surface area (Å²) < 4.78 is 0. The van der Waals surface area contributed by atoms with Gasteiger partial charge in [0.05, 0.1) is 11.3 Å². The first kappa shape index (κ1) is 14.8. The van der Waals surface area contributed by atoms with E-state index in [9.17, 15) is 19.2 Å². The molecule has 0 fully saturated rings. The van der Waals surface area contributed by atoms with E-state index in [1.807, 2.05) is 0 Å². The maximum Gasteiger partial charge on any atom is 0.221 e. The summed E-state index contributed by atoms with van der Waals surface area (Å²) in [7, 11) is 0. The van der Waals surface area contributed by atoms with Crippen LogP contribution in [-0.4, -0.2) is 23.3 Å². The molecule has 0 spiro atoms. The molecule has 2 aromatic rings. The second kappa shape index (κ2) is 5.28. The minimum Gasteiger partial charge on any atom is -0.325 e. The molecule has 1 amide bonds. The summed E-state index contributed by atoms with van der Waals surface area (Å²) in [4.78, 5) is 48.7. The van der Waals surface area contributed by atoms with Crippen LogP contribution in [0.15, 0.2) is 36.4 Å². The van der Waals surface area contributed by atoms with E-state index >= 15 is 0 Å². The lowest BCUT2D eigenvalue weighted by molar-refractivity contribution is -0.114. The van der Waals surface area contributed by atoms with E-state index in [0.29, 0.717) is 5.56 Å². The molecule has 0 saturated carbocycles. The fraction of sp³-hybridized carbons (Fsp3) is 0.111. The van der Waals surface area contributed by atoms with Crippen molar-refractivity contribution in [2.45, 2.75) is 13.8 Å². The van der Waals surface area contributed by atoms with Gasteiger partial charge < -0.3 is 5.32 Å². The normalized spacial score (nSPS) is 12.4. The van der Waals surface area contributed by atoms with Crippen LogP contribution in [0.5, 0.6) is 0 Å². The average molecular weight is 307 g/mol. The van der Waals surface area contributed by atoms with E-state index in [-0.39, 0.29) is 45.3 Å². The third kappa shape index (κ3) is 2.26. The number of anilines is 1. The maximum atomic E-state index is 12.8. The Bertz CT molecular complexity index is 896. The van der Waals surface area contributed by atoms with E-state index in [1.54, 1.807) is 24.3 Å². The molecule has 0 atom stereocenters. The van der Waals surface area contributed by atoms with Crippen LogP contribution in [0.3, 0.4) is 0 Å². The third-order valence-electron chi connectivity index (χ3n) is 3.77. The van der Waals surface area contributed by atoms with Crippen molar-refractivity contribution in [2.75, 3.05) is 5.32 Å². The fourth-order valence-electron chi connectivity index (χ4n) is 2.79. The van der Waals surface area contributed by atoms with E-state index in [2.05, 4.69) is 5.32 Å². The van der Waals surface area contributed by atoms with E-state index in [4.69, 9.17) is 0 Å². The molecule has 0 radical (unpaired) electrons. The average Bonchev–Trinajstić information content (AvgIpc) is 2.51. The van der Waals surface area contributed by atoms with Crippen molar-refractivity contribution in [1.29, 1.82) is 0 Å². The fourth-order valence-corrected chi connectivity index (χ4v) is 2.79. The van der Waals surface area contributed by atoms with Crippen molar-refractivity contribution < 1.29 is 19.2 Å². The Morgan fingerprint density at radius 2 is 1.43 bits per heavy atom. The highest BCUT2D eigenvalue weighted by Crippen LogP contribution is 2.34. The zero-order valence-corrected chi connectivity index (χ0v) is 12.6. The van der Waals surface area contributed by atoms with Crippen LogP contribution in [0, 0.1) is 0 Å². The van der Waals surface area contributed by atoms with Crippen LogP contribution in [0.1, 0.15) is 56.0 Å². The number of hydrogen-bond acceptors (Lipinski definition) is 4. The maximum absolute atomic E-state index is 12.8. The van der Waals surface area contributed by atoms with Crippen molar-refractivity contribution in [3.63, 3.8) is 0 Å². The Hall–Kier alpha value is -3.08. The van der Waals surface area contributed by atoms with Gasteiger partial charge in [-0.25, -0.2) is 0 Å². The number of benzene rings is 2. The van der Waals surface area contributed by atoms with Crippen LogP contribution in [0.2, 0.25) is 0 Å². The molecule has 0 saturated heterocycles. The van der Waals surface area contributed by atoms with Gasteiger partial charge in [-0.1, -0.05) is 24.3 Å². The molecule has 1 aliphatic carbocycles. The molecule has 3 rings (SSSR count). The van der Waals surface area contributed by atoms with Gasteiger partial charge in [0.25, 0.3) is 0 Å². The molecule has 5 heteroatoms. The molecule has 0 aromatic heterocycles. The van der Waals surface area contributed by atoms with Crippen molar-refractivity contribution in [3.05, 3.63) is 64.2 Å². The highest BCUT2D eigenvalue weighted by atomic mass is 16.2. The molecule has 2 aromatic carbocycles. The van der Waals surface area contributed by atoms with E-state index in [1.165, 1.54) is 26.0 Å². The van der Waals surface area contributed by atoms with Gasteiger partial charge in [-0.15, -0.1) is 0 Å². The zero-order valence-electron chi connectivity index (χ0n) is 12.6. The number of ketones is 3. The molecule has 0 bridgehead atoms. The lowest BCUT2D eigenvalue weighted by Crippen LogP contribution is -2.24. The highest BCUT2D eigenvalue weighted by molar-refractivity contribution is 6.31. The van der Waals surface area contributed by atoms with Gasteiger partial charge in [-0.2, -0.15) is 0 Å². The van der Waals surface area contributed by atoms with Crippen molar-refractivity contribution in [3.8, 4) is 0 Å². The SMILES string of the molecule is CC(=O)Nc1c(C(C)=O)ccc2c1C(=O)c1ccccc1C2=O. The summed E-state index contributed by atoms with van der Waals surface area (Å²) in [6.45, 7) is 2.63. The first-order chi connectivity index (χ1) is 10.9. The monoisotopic (exact) mass is 307 g/mol. The van der Waals surface area contributed by atoms with Crippen molar-refractivity contribution in [1.82, 2.24) is 0 Å². The standard InChI is InChI=1S/C18H13NO4/c1-9(20)11-7-8-14-15(16(11)19-10(2)21)18(23)13-6-4-3-5-12(13)17(14)22/h3-8H,1-2H3,(H,19,21). The summed E-state index contributed by atoms with van der Waals surface area (Å²) in [6, 6.07) is 9.45. The second-order valence-electron chi connectivity index (χ2n) is 5.35. The number of carbonyl (C=O) groups is 4. The molecule has 1 aliphatic rings. The molecule has 1 N–H and O–H groups in total. The van der Waals surface area contributed by atoms with Gasteiger partial charge in [-0.05, 0) is 19.1 Å². The van der Waals surface area contributed by atoms with Gasteiger partial charge in [0.1, 0.15) is 0 Å². The first-order valence-electron chi connectivity index (χ1n) is 7.05. The Balaban J connectivity index is 2.34. The predicted molar refractivity (Wildman–Crippen MR) is 84.1 cm³/mol. The number of carbonyl (C=O) groups excluding carboxylic acids is 4. The molecular weight excluding hydrogens is 294 g/mol. The smallest absolute Gasteiger partial charge is 0.221 e. The molecule has 0 unspecified atom stereocenters. The van der Waals surface area contributed by atoms with Crippen molar-refractivity contribution >= 4 is 28.9 Å². The summed E-state index contributed by atoms with van der Waals surface area (Å²) in [6.07, 6.45) is 0. The summed E-state index contributed by atoms with van der Waals surface area (Å²) >= 11 is 0. The van der Waals surface area contributed by atoms with E-state index in [0.717, 1.165) is 0 Å². The van der Waals surface area contributed by atoms with Gasteiger partial charge in [0.15, 0.2) is 17.3 Å². The third-order valence-corrected chi connectivity index (χ3v) is 3.77. The lowest BCUT2D eigenvalue weighted by Gasteiger charge is -2.21. The number of rotatable bonds is 2. The Morgan fingerprint density at radius 3 is 2.00 bits per heavy atom. The topological polar surface area (TPSA) is 80.3 Å². The lowest BCUT2D eigenvalue weighted by atomic mass is 9.82. The Kier molecular flexibility index (Phi) is 3.41. The summed E-state index contributed by atoms with van der Waals surface area (Å²) in [5.41, 5.74) is 1.19. The molecule has 0 heterocycles. The summed E-state index contributed by atoms with van der Waals surface area (Å²) in [5, 5.41) is 2.53. The van der Waals surface area contributed by atoms with Gasteiger partial charge in [0, 0.05) is 29.2 Å². The first-order valence-corrected chi connectivity index (χ1v) is 7.05. The van der Waals surface area contributed by atoms with Crippen LogP contribution < -0.4 is 5.32 Å². The molecule has 5 nitrogen and oxygen atoms in total. The van der Waals surface area contributed by atoms with Gasteiger partial charge in [-0.3, -0.25) is 19.2 Å².